The topological polar surface area (TPSA) is 64.9 Å². The molecule has 0 fully saturated rings. The summed E-state index contributed by atoms with van der Waals surface area (Å²) in [7, 11) is 3.38. The molecular weight excluding hydrogens is 285 g/mol. The quantitative estimate of drug-likeness (QED) is 0.802. The van der Waals surface area contributed by atoms with Crippen molar-refractivity contribution in [3.8, 4) is 5.75 Å². The molecule has 114 valence electrons. The summed E-state index contributed by atoms with van der Waals surface area (Å²) in [5.74, 6) is 0.966. The van der Waals surface area contributed by atoms with E-state index in [-0.39, 0.29) is 11.9 Å². The third-order valence-electron chi connectivity index (χ3n) is 3.54. The van der Waals surface area contributed by atoms with Crippen molar-refractivity contribution in [3.63, 3.8) is 0 Å². The first-order chi connectivity index (χ1) is 10.6. The van der Waals surface area contributed by atoms with Crippen molar-refractivity contribution >= 4 is 16.9 Å². The van der Waals surface area contributed by atoms with Gasteiger partial charge in [-0.2, -0.15) is 5.10 Å². The average molecular weight is 301 g/mol. The lowest BCUT2D eigenvalue weighted by molar-refractivity contribution is 0.406. The summed E-state index contributed by atoms with van der Waals surface area (Å²) in [6.45, 7) is 1.92. The molecule has 0 saturated carbocycles. The molecule has 1 N–H and O–H groups in total. The highest BCUT2D eigenvalue weighted by atomic mass is 19.1. The second-order valence-corrected chi connectivity index (χ2v) is 4.98. The van der Waals surface area contributed by atoms with Crippen LogP contribution in [0.4, 0.5) is 10.2 Å². The van der Waals surface area contributed by atoms with Gasteiger partial charge in [-0.3, -0.25) is 4.68 Å². The zero-order valence-corrected chi connectivity index (χ0v) is 12.5. The smallest absolute Gasteiger partial charge is 0.163 e. The highest BCUT2D eigenvalue weighted by molar-refractivity contribution is 5.86. The van der Waals surface area contributed by atoms with Crippen molar-refractivity contribution < 1.29 is 9.13 Å². The highest BCUT2D eigenvalue weighted by Gasteiger charge is 2.15. The molecule has 6 nitrogen and oxygen atoms in total. The molecule has 0 amide bonds. The molecule has 0 saturated heterocycles. The normalized spacial score (nSPS) is 12.4. The third kappa shape index (κ3) is 2.45. The van der Waals surface area contributed by atoms with Crippen LogP contribution in [0.25, 0.3) is 11.0 Å². The van der Waals surface area contributed by atoms with Crippen LogP contribution in [0.2, 0.25) is 0 Å². The second kappa shape index (κ2) is 5.59. The van der Waals surface area contributed by atoms with Gasteiger partial charge < -0.3 is 10.1 Å². The Balaban J connectivity index is 1.96. The van der Waals surface area contributed by atoms with Gasteiger partial charge >= 0.3 is 0 Å². The van der Waals surface area contributed by atoms with E-state index in [9.17, 15) is 4.39 Å². The number of nitrogens with zero attached hydrogens (tertiary/aromatic N) is 4. The molecule has 3 aromatic rings. The fourth-order valence-corrected chi connectivity index (χ4v) is 2.40. The van der Waals surface area contributed by atoms with Crippen molar-refractivity contribution in [2.24, 2.45) is 7.05 Å². The minimum atomic E-state index is -0.307. The van der Waals surface area contributed by atoms with Crippen LogP contribution in [0.5, 0.6) is 5.75 Å². The van der Waals surface area contributed by atoms with E-state index in [0.29, 0.717) is 11.6 Å². The van der Waals surface area contributed by atoms with Crippen molar-refractivity contribution in [1.29, 1.82) is 0 Å². The molecule has 2 heterocycles. The first kappa shape index (κ1) is 14.2. The van der Waals surface area contributed by atoms with Crippen molar-refractivity contribution in [2.45, 2.75) is 13.0 Å². The average Bonchev–Trinajstić information content (AvgIpc) is 2.90. The van der Waals surface area contributed by atoms with E-state index < -0.39 is 0 Å². The lowest BCUT2D eigenvalue weighted by Gasteiger charge is -2.18. The van der Waals surface area contributed by atoms with Gasteiger partial charge in [0.1, 0.15) is 23.7 Å². The van der Waals surface area contributed by atoms with E-state index in [1.165, 1.54) is 18.5 Å². The van der Waals surface area contributed by atoms with E-state index in [0.717, 1.165) is 16.6 Å². The number of halogens is 1. The summed E-state index contributed by atoms with van der Waals surface area (Å²) in [4.78, 5) is 8.45. The molecule has 0 aliphatic heterocycles. The summed E-state index contributed by atoms with van der Waals surface area (Å²) < 4.78 is 20.5. The van der Waals surface area contributed by atoms with Gasteiger partial charge in [0.25, 0.3) is 0 Å². The van der Waals surface area contributed by atoms with E-state index >= 15 is 0 Å². The Morgan fingerprint density at radius 2 is 2.14 bits per heavy atom. The molecule has 7 heteroatoms. The van der Waals surface area contributed by atoms with Crippen LogP contribution >= 0.6 is 0 Å². The number of ether oxygens (including phenoxy) is 1. The molecule has 3 rings (SSSR count). The van der Waals surface area contributed by atoms with Gasteiger partial charge in [0.05, 0.1) is 24.7 Å². The van der Waals surface area contributed by atoms with Crippen molar-refractivity contribution in [3.05, 3.63) is 42.1 Å². The standard InChI is InChI=1S/C15H16FN5O/c1-9(11-6-10(16)4-5-13(11)22-3)20-14-12-7-19-21(2)15(12)18-8-17-14/h4-9H,1-3H3,(H,17,18,20)/t9-/m0/s1. The number of anilines is 1. The summed E-state index contributed by atoms with van der Waals surface area (Å²) in [6, 6.07) is 4.25. The molecule has 0 radical (unpaired) electrons. The lowest BCUT2D eigenvalue weighted by Crippen LogP contribution is -2.10. The monoisotopic (exact) mass is 301 g/mol. The van der Waals surface area contributed by atoms with Crippen LogP contribution in [-0.2, 0) is 7.05 Å². The minimum Gasteiger partial charge on any atom is -0.496 e. The molecule has 0 bridgehead atoms. The number of aryl methyl sites for hydroxylation is 1. The van der Waals surface area contributed by atoms with Crippen molar-refractivity contribution in [1.82, 2.24) is 19.7 Å². The summed E-state index contributed by atoms with van der Waals surface area (Å²) in [6.07, 6.45) is 3.18. The van der Waals surface area contributed by atoms with Crippen LogP contribution < -0.4 is 10.1 Å². The predicted octanol–water partition coefficient (Wildman–Crippen LogP) is 2.68. The van der Waals surface area contributed by atoms with Crippen LogP contribution in [0.3, 0.4) is 0 Å². The molecule has 2 aromatic heterocycles. The predicted molar refractivity (Wildman–Crippen MR) is 81.3 cm³/mol. The van der Waals surface area contributed by atoms with E-state index in [4.69, 9.17) is 4.74 Å². The Labute approximate surface area is 127 Å². The van der Waals surface area contributed by atoms with Gasteiger partial charge in [-0.05, 0) is 25.1 Å². The maximum Gasteiger partial charge on any atom is 0.163 e. The van der Waals surface area contributed by atoms with Crippen LogP contribution in [0.15, 0.2) is 30.7 Å². The van der Waals surface area contributed by atoms with E-state index in [1.54, 1.807) is 24.1 Å². The number of benzene rings is 1. The second-order valence-electron chi connectivity index (χ2n) is 4.98. The summed E-state index contributed by atoms with van der Waals surface area (Å²) >= 11 is 0. The molecule has 0 unspecified atom stereocenters. The maximum absolute atomic E-state index is 13.5. The summed E-state index contributed by atoms with van der Waals surface area (Å²) in [5, 5.41) is 8.25. The molecule has 1 atom stereocenters. The van der Waals surface area contributed by atoms with Gasteiger partial charge in [-0.1, -0.05) is 0 Å². The number of nitrogens with one attached hydrogen (secondary N) is 1. The van der Waals surface area contributed by atoms with Crippen molar-refractivity contribution in [2.75, 3.05) is 12.4 Å². The fraction of sp³-hybridized carbons (Fsp3) is 0.267. The number of hydrogen-bond acceptors (Lipinski definition) is 5. The van der Waals surface area contributed by atoms with Crippen LogP contribution in [-0.4, -0.2) is 26.9 Å². The Bertz CT molecular complexity index is 817. The minimum absolute atomic E-state index is 0.191. The Kier molecular flexibility index (Phi) is 3.62. The van der Waals surface area contributed by atoms with Gasteiger partial charge in [0, 0.05) is 12.6 Å². The molecule has 0 aliphatic rings. The first-order valence-electron chi connectivity index (χ1n) is 6.83. The number of methoxy groups -OCH3 is 1. The fourth-order valence-electron chi connectivity index (χ4n) is 2.40. The van der Waals surface area contributed by atoms with Gasteiger partial charge in [0.2, 0.25) is 0 Å². The maximum atomic E-state index is 13.5. The van der Waals surface area contributed by atoms with E-state index in [1.807, 2.05) is 14.0 Å². The Morgan fingerprint density at radius 1 is 1.32 bits per heavy atom. The molecule has 0 spiro atoms. The van der Waals surface area contributed by atoms with Crippen LogP contribution in [0, 0.1) is 5.82 Å². The molecule has 22 heavy (non-hydrogen) atoms. The SMILES string of the molecule is COc1ccc(F)cc1[C@H](C)Nc1ncnc2c1cnn2C. The summed E-state index contributed by atoms with van der Waals surface area (Å²) in [5.41, 5.74) is 1.45. The van der Waals surface area contributed by atoms with E-state index in [2.05, 4.69) is 20.4 Å². The Morgan fingerprint density at radius 3 is 2.91 bits per heavy atom. The van der Waals surface area contributed by atoms with Gasteiger partial charge in [-0.25, -0.2) is 14.4 Å². The molecular formula is C15H16FN5O. The highest BCUT2D eigenvalue weighted by Crippen LogP contribution is 2.29. The van der Waals surface area contributed by atoms with Gasteiger partial charge in [-0.15, -0.1) is 0 Å². The molecule has 0 aliphatic carbocycles. The number of rotatable bonds is 4. The van der Waals surface area contributed by atoms with Crippen LogP contribution in [0.1, 0.15) is 18.5 Å². The zero-order valence-electron chi connectivity index (χ0n) is 12.5. The number of fused-ring (bicyclic) bond motifs is 1. The van der Waals surface area contributed by atoms with Gasteiger partial charge in [0.15, 0.2) is 5.65 Å². The first-order valence-corrected chi connectivity index (χ1v) is 6.83. The largest absolute Gasteiger partial charge is 0.496 e. The number of aromatic nitrogens is 4. The Hall–Kier alpha value is -2.70. The third-order valence-corrected chi connectivity index (χ3v) is 3.54. The zero-order chi connectivity index (χ0) is 15.7. The number of hydrogen-bond donors (Lipinski definition) is 1. The lowest BCUT2D eigenvalue weighted by atomic mass is 10.1. The molecule has 1 aromatic carbocycles.